The quantitative estimate of drug-likeness (QED) is 0.543. The summed E-state index contributed by atoms with van der Waals surface area (Å²) in [5.41, 5.74) is 0. The van der Waals surface area contributed by atoms with Gasteiger partial charge in [0.1, 0.15) is 12.2 Å². The Morgan fingerprint density at radius 3 is 2.93 bits per heavy atom. The molecular formula is C9H12O5. The van der Waals surface area contributed by atoms with Crippen LogP contribution in [-0.4, -0.2) is 42.8 Å². The van der Waals surface area contributed by atoms with Gasteiger partial charge in [-0.25, -0.2) is 0 Å². The number of ketones is 1. The first-order valence-corrected chi connectivity index (χ1v) is 4.73. The number of carbonyl (C=O) groups is 1. The summed E-state index contributed by atoms with van der Waals surface area (Å²) in [4.78, 5) is 11.7. The van der Waals surface area contributed by atoms with E-state index >= 15 is 0 Å². The second-order valence-corrected chi connectivity index (χ2v) is 4.25. The first-order chi connectivity index (χ1) is 6.57. The molecule has 4 atom stereocenters. The molecule has 0 unspecified atom stereocenters. The minimum Gasteiger partial charge on any atom is -0.347 e. The fraction of sp³-hybridized carbons (Fsp3) is 0.889. The first-order valence-electron chi connectivity index (χ1n) is 4.73. The molecule has 0 amide bonds. The Kier molecular flexibility index (Phi) is 1.60. The molecule has 0 radical (unpaired) electrons. The number of ether oxygens (including phenoxy) is 4. The van der Waals surface area contributed by atoms with Crippen LogP contribution in [0.1, 0.15) is 13.8 Å². The van der Waals surface area contributed by atoms with Crippen molar-refractivity contribution in [3.63, 3.8) is 0 Å². The summed E-state index contributed by atoms with van der Waals surface area (Å²) in [6, 6.07) is 0. The van der Waals surface area contributed by atoms with Crippen LogP contribution in [0.25, 0.3) is 0 Å². The van der Waals surface area contributed by atoms with E-state index in [-0.39, 0.29) is 5.78 Å². The highest BCUT2D eigenvalue weighted by atomic mass is 16.8. The Balaban J connectivity index is 1.92. The fourth-order valence-corrected chi connectivity index (χ4v) is 2.14. The van der Waals surface area contributed by atoms with Crippen molar-refractivity contribution >= 4 is 5.78 Å². The molecule has 3 heterocycles. The molecule has 3 rings (SSSR count). The summed E-state index contributed by atoms with van der Waals surface area (Å²) in [5.74, 6) is -0.781. The largest absolute Gasteiger partial charge is 0.347 e. The lowest BCUT2D eigenvalue weighted by atomic mass is 10.0. The summed E-state index contributed by atoms with van der Waals surface area (Å²) in [6.45, 7) is 3.89. The molecule has 14 heavy (non-hydrogen) atoms. The number of hydrogen-bond acceptors (Lipinski definition) is 5. The van der Waals surface area contributed by atoms with Crippen molar-refractivity contribution in [1.82, 2.24) is 0 Å². The predicted molar refractivity (Wildman–Crippen MR) is 43.4 cm³/mol. The second-order valence-electron chi connectivity index (χ2n) is 4.25. The maximum absolute atomic E-state index is 11.7. The zero-order chi connectivity index (χ0) is 9.92. The maximum Gasteiger partial charge on any atom is 0.195 e. The van der Waals surface area contributed by atoms with Gasteiger partial charge in [0.2, 0.25) is 0 Å². The van der Waals surface area contributed by atoms with Crippen LogP contribution < -0.4 is 0 Å². The highest BCUT2D eigenvalue weighted by molar-refractivity contribution is 5.89. The highest BCUT2D eigenvalue weighted by Crippen LogP contribution is 2.38. The Bertz CT molecular complexity index is 287. The molecule has 3 fully saturated rings. The molecule has 0 aromatic rings. The van der Waals surface area contributed by atoms with Crippen LogP contribution in [0.15, 0.2) is 0 Å². The topological polar surface area (TPSA) is 54.0 Å². The number of hydrogen-bond donors (Lipinski definition) is 0. The molecule has 78 valence electrons. The van der Waals surface area contributed by atoms with E-state index < -0.39 is 30.4 Å². The molecule has 2 bridgehead atoms. The third-order valence-electron chi connectivity index (χ3n) is 2.71. The molecule has 0 aromatic carbocycles. The van der Waals surface area contributed by atoms with Crippen molar-refractivity contribution in [3.8, 4) is 0 Å². The molecule has 0 saturated carbocycles. The molecule has 0 aromatic heterocycles. The normalized spacial score (nSPS) is 49.4. The van der Waals surface area contributed by atoms with Gasteiger partial charge in [-0.1, -0.05) is 0 Å². The molecule has 0 aliphatic carbocycles. The molecule has 5 nitrogen and oxygen atoms in total. The predicted octanol–water partition coefficient (Wildman–Crippen LogP) is -0.169. The van der Waals surface area contributed by atoms with Gasteiger partial charge in [0.05, 0.1) is 6.61 Å². The second kappa shape index (κ2) is 2.55. The van der Waals surface area contributed by atoms with Crippen LogP contribution in [0.3, 0.4) is 0 Å². The van der Waals surface area contributed by atoms with Gasteiger partial charge in [-0.3, -0.25) is 4.79 Å². The third kappa shape index (κ3) is 1.07. The van der Waals surface area contributed by atoms with Gasteiger partial charge in [-0.2, -0.15) is 0 Å². The van der Waals surface area contributed by atoms with Crippen LogP contribution in [0.2, 0.25) is 0 Å². The average Bonchev–Trinajstić information content (AvgIpc) is 2.64. The monoisotopic (exact) mass is 200 g/mol. The minimum absolute atomic E-state index is 0.0608. The summed E-state index contributed by atoms with van der Waals surface area (Å²) in [6.07, 6.45) is -1.82. The van der Waals surface area contributed by atoms with E-state index in [0.29, 0.717) is 6.61 Å². The fourth-order valence-electron chi connectivity index (χ4n) is 2.14. The Labute approximate surface area is 81.3 Å². The van der Waals surface area contributed by atoms with E-state index in [9.17, 15) is 4.79 Å². The summed E-state index contributed by atoms with van der Waals surface area (Å²) < 4.78 is 21.7. The highest BCUT2D eigenvalue weighted by Gasteiger charge is 2.58. The third-order valence-corrected chi connectivity index (χ3v) is 2.71. The summed E-state index contributed by atoms with van der Waals surface area (Å²) in [5, 5.41) is 0. The van der Waals surface area contributed by atoms with Gasteiger partial charge in [0.25, 0.3) is 0 Å². The van der Waals surface area contributed by atoms with Gasteiger partial charge < -0.3 is 18.9 Å². The standard InChI is InChI=1S/C9H12O5/c1-9(2)13-6-5(10)4-3-11-8(12-4)7(6)14-9/h4,6-8H,3H2,1-2H3/t4-,6-,7-,8-/m1/s1. The van der Waals surface area contributed by atoms with Crippen molar-refractivity contribution < 1.29 is 23.7 Å². The molecule has 3 saturated heterocycles. The smallest absolute Gasteiger partial charge is 0.195 e. The van der Waals surface area contributed by atoms with Crippen LogP contribution in [0, 0.1) is 0 Å². The zero-order valence-corrected chi connectivity index (χ0v) is 8.06. The van der Waals surface area contributed by atoms with E-state index in [0.717, 1.165) is 0 Å². The van der Waals surface area contributed by atoms with Gasteiger partial charge in [-0.05, 0) is 13.8 Å². The molecular weight excluding hydrogens is 188 g/mol. The number of carbonyl (C=O) groups excluding carboxylic acids is 1. The molecule has 5 heteroatoms. The van der Waals surface area contributed by atoms with Crippen LogP contribution in [0.4, 0.5) is 0 Å². The average molecular weight is 200 g/mol. The maximum atomic E-state index is 11.7. The van der Waals surface area contributed by atoms with Crippen LogP contribution in [0.5, 0.6) is 0 Å². The molecule has 0 spiro atoms. The molecule has 0 N–H and O–H groups in total. The van der Waals surface area contributed by atoms with Crippen molar-refractivity contribution in [3.05, 3.63) is 0 Å². The first kappa shape index (κ1) is 8.79. The molecule has 3 aliphatic rings. The Morgan fingerprint density at radius 2 is 2.14 bits per heavy atom. The summed E-state index contributed by atoms with van der Waals surface area (Å²) in [7, 11) is 0. The Morgan fingerprint density at radius 1 is 1.36 bits per heavy atom. The zero-order valence-electron chi connectivity index (χ0n) is 8.06. The van der Waals surface area contributed by atoms with Crippen molar-refractivity contribution in [2.45, 2.75) is 44.2 Å². The van der Waals surface area contributed by atoms with E-state index in [1.807, 2.05) is 0 Å². The van der Waals surface area contributed by atoms with Gasteiger partial charge in [-0.15, -0.1) is 0 Å². The van der Waals surface area contributed by atoms with E-state index in [1.54, 1.807) is 13.8 Å². The van der Waals surface area contributed by atoms with E-state index in [2.05, 4.69) is 0 Å². The van der Waals surface area contributed by atoms with Crippen molar-refractivity contribution in [2.75, 3.05) is 6.61 Å². The lowest BCUT2D eigenvalue weighted by Crippen LogP contribution is -2.49. The van der Waals surface area contributed by atoms with Crippen molar-refractivity contribution in [2.24, 2.45) is 0 Å². The number of fused-ring (bicyclic) bond motifs is 4. The van der Waals surface area contributed by atoms with E-state index in [4.69, 9.17) is 18.9 Å². The van der Waals surface area contributed by atoms with Crippen LogP contribution >= 0.6 is 0 Å². The SMILES string of the molecule is CC1(C)O[C@H]2[C@@H]3OC[C@@H](O3)C(=O)[C@H]2O1. The van der Waals surface area contributed by atoms with Crippen molar-refractivity contribution in [1.29, 1.82) is 0 Å². The Hall–Kier alpha value is -0.490. The lowest BCUT2D eigenvalue weighted by Gasteiger charge is -2.25. The van der Waals surface area contributed by atoms with E-state index in [1.165, 1.54) is 0 Å². The minimum atomic E-state index is -0.720. The van der Waals surface area contributed by atoms with Gasteiger partial charge >= 0.3 is 0 Å². The number of rotatable bonds is 0. The van der Waals surface area contributed by atoms with Crippen LogP contribution in [-0.2, 0) is 23.7 Å². The van der Waals surface area contributed by atoms with Gasteiger partial charge in [0, 0.05) is 0 Å². The van der Waals surface area contributed by atoms with Gasteiger partial charge in [0.15, 0.2) is 24.0 Å². The number of Topliss-reactive ketones (excluding diaryl/α,β-unsaturated/α-hetero) is 1. The lowest BCUT2D eigenvalue weighted by molar-refractivity contribution is -0.187. The summed E-state index contributed by atoms with van der Waals surface area (Å²) >= 11 is 0. The molecule has 3 aliphatic heterocycles.